The third-order valence-electron chi connectivity index (χ3n) is 3.27. The summed E-state index contributed by atoms with van der Waals surface area (Å²) in [5.41, 5.74) is 0. The SMILES string of the molecule is CCCCC(CCCC)S(=O)(=O)c1ccccc1. The molecule has 0 unspecified atom stereocenters. The van der Waals surface area contributed by atoms with Crippen molar-refractivity contribution in [2.24, 2.45) is 0 Å². The zero-order valence-corrected chi connectivity index (χ0v) is 12.2. The molecule has 0 aliphatic heterocycles. The second-order valence-electron chi connectivity index (χ2n) is 4.76. The van der Waals surface area contributed by atoms with Crippen LogP contribution in [0.25, 0.3) is 0 Å². The molecule has 0 aliphatic carbocycles. The maximum Gasteiger partial charge on any atom is 0.181 e. The van der Waals surface area contributed by atoms with E-state index in [4.69, 9.17) is 0 Å². The first kappa shape index (κ1) is 15.2. The van der Waals surface area contributed by atoms with Crippen LogP contribution in [-0.4, -0.2) is 13.7 Å². The molecule has 102 valence electrons. The highest BCUT2D eigenvalue weighted by atomic mass is 32.2. The van der Waals surface area contributed by atoms with Crippen molar-refractivity contribution in [1.29, 1.82) is 0 Å². The molecule has 0 radical (unpaired) electrons. The molecule has 2 nitrogen and oxygen atoms in total. The van der Waals surface area contributed by atoms with Crippen LogP contribution in [0.2, 0.25) is 0 Å². The molecule has 0 aliphatic rings. The van der Waals surface area contributed by atoms with Gasteiger partial charge in [0.25, 0.3) is 0 Å². The Kier molecular flexibility index (Phi) is 6.41. The van der Waals surface area contributed by atoms with E-state index in [1.165, 1.54) is 0 Å². The van der Waals surface area contributed by atoms with Crippen LogP contribution in [0.1, 0.15) is 52.4 Å². The second kappa shape index (κ2) is 7.57. The average molecular weight is 268 g/mol. The molecule has 1 aromatic carbocycles. The Morgan fingerprint density at radius 2 is 1.44 bits per heavy atom. The van der Waals surface area contributed by atoms with E-state index >= 15 is 0 Å². The zero-order valence-electron chi connectivity index (χ0n) is 11.4. The van der Waals surface area contributed by atoms with Gasteiger partial charge >= 0.3 is 0 Å². The Labute approximate surface area is 111 Å². The number of hydrogen-bond donors (Lipinski definition) is 0. The Morgan fingerprint density at radius 3 is 1.89 bits per heavy atom. The fourth-order valence-electron chi connectivity index (χ4n) is 2.12. The molecular weight excluding hydrogens is 244 g/mol. The van der Waals surface area contributed by atoms with Gasteiger partial charge in [0.1, 0.15) is 0 Å². The minimum Gasteiger partial charge on any atom is -0.223 e. The average Bonchev–Trinajstić information content (AvgIpc) is 2.39. The predicted molar refractivity (Wildman–Crippen MR) is 76.5 cm³/mol. The second-order valence-corrected chi connectivity index (χ2v) is 6.99. The van der Waals surface area contributed by atoms with Gasteiger partial charge in [-0.15, -0.1) is 0 Å². The highest BCUT2D eigenvalue weighted by Crippen LogP contribution is 2.24. The molecule has 0 amide bonds. The van der Waals surface area contributed by atoms with Crippen LogP contribution < -0.4 is 0 Å². The van der Waals surface area contributed by atoms with Gasteiger partial charge in [0, 0.05) is 0 Å². The van der Waals surface area contributed by atoms with Gasteiger partial charge in [-0.25, -0.2) is 8.42 Å². The summed E-state index contributed by atoms with van der Waals surface area (Å²) < 4.78 is 25.1. The molecule has 0 saturated carbocycles. The third kappa shape index (κ3) is 4.13. The summed E-state index contributed by atoms with van der Waals surface area (Å²) in [6, 6.07) is 8.86. The van der Waals surface area contributed by atoms with Gasteiger partial charge in [-0.1, -0.05) is 57.7 Å². The normalized spacial score (nSPS) is 11.9. The van der Waals surface area contributed by atoms with Crippen LogP contribution in [0.15, 0.2) is 35.2 Å². The van der Waals surface area contributed by atoms with Crippen LogP contribution in [0.3, 0.4) is 0 Å². The van der Waals surface area contributed by atoms with E-state index < -0.39 is 9.84 Å². The largest absolute Gasteiger partial charge is 0.223 e. The molecule has 1 aromatic rings. The first-order chi connectivity index (χ1) is 8.62. The number of hydrogen-bond acceptors (Lipinski definition) is 2. The van der Waals surface area contributed by atoms with Crippen molar-refractivity contribution in [3.8, 4) is 0 Å². The Hall–Kier alpha value is -0.830. The predicted octanol–water partition coefficient (Wildman–Crippen LogP) is 4.21. The van der Waals surface area contributed by atoms with E-state index in [0.717, 1.165) is 38.5 Å². The van der Waals surface area contributed by atoms with E-state index in [-0.39, 0.29) is 5.25 Å². The van der Waals surface area contributed by atoms with Crippen LogP contribution in [0, 0.1) is 0 Å². The maximum absolute atomic E-state index is 12.5. The topological polar surface area (TPSA) is 34.1 Å². The number of benzene rings is 1. The third-order valence-corrected chi connectivity index (χ3v) is 5.55. The molecule has 18 heavy (non-hydrogen) atoms. The molecule has 0 spiro atoms. The first-order valence-corrected chi connectivity index (χ1v) is 8.46. The minimum atomic E-state index is -3.15. The van der Waals surface area contributed by atoms with Crippen LogP contribution in [0.5, 0.6) is 0 Å². The Balaban J connectivity index is 2.88. The van der Waals surface area contributed by atoms with Crippen molar-refractivity contribution >= 4 is 9.84 Å². The van der Waals surface area contributed by atoms with Gasteiger partial charge in [0.05, 0.1) is 10.1 Å². The standard InChI is InChI=1S/C15H24O2S/c1-3-5-10-14(11-6-4-2)18(16,17)15-12-8-7-9-13-15/h7-9,12-14H,3-6,10-11H2,1-2H3. The summed E-state index contributed by atoms with van der Waals surface area (Å²) >= 11 is 0. The molecule has 0 bridgehead atoms. The van der Waals surface area contributed by atoms with Gasteiger partial charge in [-0.3, -0.25) is 0 Å². The molecular formula is C15H24O2S. The lowest BCUT2D eigenvalue weighted by Crippen LogP contribution is -2.21. The molecule has 0 N–H and O–H groups in total. The Morgan fingerprint density at radius 1 is 0.944 bits per heavy atom. The molecule has 0 saturated heterocycles. The summed E-state index contributed by atoms with van der Waals surface area (Å²) in [6.45, 7) is 4.21. The smallest absolute Gasteiger partial charge is 0.181 e. The van der Waals surface area contributed by atoms with Crippen molar-refractivity contribution in [2.75, 3.05) is 0 Å². The minimum absolute atomic E-state index is 0.209. The fourth-order valence-corrected chi connectivity index (χ4v) is 4.00. The molecule has 0 aromatic heterocycles. The van der Waals surface area contributed by atoms with Gasteiger partial charge in [-0.05, 0) is 25.0 Å². The molecule has 0 fully saturated rings. The number of sulfone groups is 1. The van der Waals surface area contributed by atoms with Crippen molar-refractivity contribution in [3.05, 3.63) is 30.3 Å². The van der Waals surface area contributed by atoms with E-state index in [9.17, 15) is 8.42 Å². The van der Waals surface area contributed by atoms with Crippen molar-refractivity contribution in [1.82, 2.24) is 0 Å². The zero-order chi connectivity index (χ0) is 13.4. The Bertz CT molecular complexity index is 415. The van der Waals surface area contributed by atoms with Crippen LogP contribution in [0.4, 0.5) is 0 Å². The van der Waals surface area contributed by atoms with Gasteiger partial charge < -0.3 is 0 Å². The number of rotatable bonds is 8. The monoisotopic (exact) mass is 268 g/mol. The molecule has 0 heterocycles. The molecule has 3 heteroatoms. The van der Waals surface area contributed by atoms with Crippen molar-refractivity contribution in [2.45, 2.75) is 62.5 Å². The summed E-state index contributed by atoms with van der Waals surface area (Å²) in [4.78, 5) is 0.474. The van der Waals surface area contributed by atoms with E-state index in [0.29, 0.717) is 4.90 Å². The van der Waals surface area contributed by atoms with Crippen LogP contribution >= 0.6 is 0 Å². The van der Waals surface area contributed by atoms with E-state index in [2.05, 4.69) is 13.8 Å². The summed E-state index contributed by atoms with van der Waals surface area (Å²) in [5.74, 6) is 0. The highest BCUT2D eigenvalue weighted by Gasteiger charge is 2.25. The van der Waals surface area contributed by atoms with Gasteiger partial charge in [0.15, 0.2) is 9.84 Å². The van der Waals surface area contributed by atoms with Crippen molar-refractivity contribution < 1.29 is 8.42 Å². The first-order valence-electron chi connectivity index (χ1n) is 6.91. The maximum atomic E-state index is 12.5. The van der Waals surface area contributed by atoms with Crippen LogP contribution in [-0.2, 0) is 9.84 Å². The highest BCUT2D eigenvalue weighted by molar-refractivity contribution is 7.92. The lowest BCUT2D eigenvalue weighted by Gasteiger charge is -2.17. The summed E-state index contributed by atoms with van der Waals surface area (Å²) in [7, 11) is -3.15. The van der Waals surface area contributed by atoms with Gasteiger partial charge in [0.2, 0.25) is 0 Å². The lowest BCUT2D eigenvalue weighted by molar-refractivity contribution is 0.540. The van der Waals surface area contributed by atoms with E-state index in [1.807, 2.05) is 6.07 Å². The molecule has 0 atom stereocenters. The lowest BCUT2D eigenvalue weighted by atomic mass is 10.1. The summed E-state index contributed by atoms with van der Waals surface area (Å²) in [6.07, 6.45) is 5.64. The fraction of sp³-hybridized carbons (Fsp3) is 0.600. The number of unbranched alkanes of at least 4 members (excludes halogenated alkanes) is 2. The van der Waals surface area contributed by atoms with Gasteiger partial charge in [-0.2, -0.15) is 0 Å². The van der Waals surface area contributed by atoms with Crippen molar-refractivity contribution in [3.63, 3.8) is 0 Å². The molecule has 1 rings (SSSR count). The summed E-state index contributed by atoms with van der Waals surface area (Å²) in [5, 5.41) is -0.209. The quantitative estimate of drug-likeness (QED) is 0.707. The van der Waals surface area contributed by atoms with E-state index in [1.54, 1.807) is 24.3 Å².